The molecule has 1 amide bonds. The Labute approximate surface area is 116 Å². The highest BCUT2D eigenvalue weighted by atomic mass is 16.6. The van der Waals surface area contributed by atoms with E-state index in [0.717, 1.165) is 12.8 Å². The van der Waals surface area contributed by atoms with E-state index in [-0.39, 0.29) is 28.9 Å². The molecule has 1 saturated heterocycles. The lowest BCUT2D eigenvalue weighted by Gasteiger charge is -2.31. The Kier molecular flexibility index (Phi) is 4.19. The van der Waals surface area contributed by atoms with Crippen molar-refractivity contribution in [2.45, 2.75) is 18.9 Å². The van der Waals surface area contributed by atoms with E-state index in [0.29, 0.717) is 13.2 Å². The van der Waals surface area contributed by atoms with E-state index < -0.39 is 4.92 Å². The zero-order chi connectivity index (χ0) is 14.7. The fourth-order valence-electron chi connectivity index (χ4n) is 2.37. The fraction of sp³-hybridized carbons (Fsp3) is 0.462. The van der Waals surface area contributed by atoms with Gasteiger partial charge in [0.15, 0.2) is 0 Å². The predicted molar refractivity (Wildman–Crippen MR) is 73.4 cm³/mol. The first-order valence-electron chi connectivity index (χ1n) is 6.40. The number of hydrogen-bond donors (Lipinski definition) is 1. The van der Waals surface area contributed by atoms with Crippen molar-refractivity contribution >= 4 is 17.3 Å². The van der Waals surface area contributed by atoms with Crippen molar-refractivity contribution in [3.63, 3.8) is 0 Å². The monoisotopic (exact) mass is 279 g/mol. The normalized spacial score (nSPS) is 15.8. The molecule has 1 fully saturated rings. The molecule has 0 bridgehead atoms. The maximum absolute atomic E-state index is 12.4. The van der Waals surface area contributed by atoms with E-state index >= 15 is 0 Å². The Morgan fingerprint density at radius 1 is 1.45 bits per heavy atom. The van der Waals surface area contributed by atoms with E-state index in [4.69, 9.17) is 10.5 Å². The largest absolute Gasteiger partial charge is 0.393 e. The number of nitro groups is 1. The highest BCUT2D eigenvalue weighted by Gasteiger charge is 2.29. The van der Waals surface area contributed by atoms with Gasteiger partial charge in [-0.1, -0.05) is 6.07 Å². The van der Waals surface area contributed by atoms with Crippen LogP contribution in [0.25, 0.3) is 0 Å². The van der Waals surface area contributed by atoms with Crippen LogP contribution in [0.5, 0.6) is 0 Å². The van der Waals surface area contributed by atoms with Crippen LogP contribution in [0.1, 0.15) is 23.2 Å². The Morgan fingerprint density at radius 3 is 2.70 bits per heavy atom. The van der Waals surface area contributed by atoms with Gasteiger partial charge in [0.1, 0.15) is 11.3 Å². The highest BCUT2D eigenvalue weighted by Crippen LogP contribution is 2.28. The van der Waals surface area contributed by atoms with Crippen molar-refractivity contribution in [3.8, 4) is 0 Å². The van der Waals surface area contributed by atoms with Crippen LogP contribution < -0.4 is 5.73 Å². The molecule has 20 heavy (non-hydrogen) atoms. The topological polar surface area (TPSA) is 98.7 Å². The number of nitrogens with zero attached hydrogens (tertiary/aromatic N) is 2. The Balaban J connectivity index is 2.28. The van der Waals surface area contributed by atoms with Crippen LogP contribution in [0, 0.1) is 10.1 Å². The van der Waals surface area contributed by atoms with Gasteiger partial charge in [0, 0.05) is 26.3 Å². The molecule has 7 nitrogen and oxygen atoms in total. The highest BCUT2D eigenvalue weighted by molar-refractivity contribution is 6.00. The van der Waals surface area contributed by atoms with Crippen molar-refractivity contribution in [1.29, 1.82) is 0 Å². The molecule has 108 valence electrons. The third-order valence-electron chi connectivity index (χ3n) is 3.54. The van der Waals surface area contributed by atoms with E-state index in [2.05, 4.69) is 0 Å². The Bertz CT molecular complexity index is 526. The fourth-order valence-corrected chi connectivity index (χ4v) is 2.37. The van der Waals surface area contributed by atoms with Crippen LogP contribution in [0.3, 0.4) is 0 Å². The smallest absolute Gasteiger partial charge is 0.304 e. The van der Waals surface area contributed by atoms with E-state index in [1.54, 1.807) is 18.0 Å². The van der Waals surface area contributed by atoms with Crippen molar-refractivity contribution < 1.29 is 14.5 Å². The zero-order valence-electron chi connectivity index (χ0n) is 11.2. The zero-order valence-corrected chi connectivity index (χ0v) is 11.2. The summed E-state index contributed by atoms with van der Waals surface area (Å²) in [5.74, 6) is -0.379. The number of amides is 1. The van der Waals surface area contributed by atoms with Crippen molar-refractivity contribution in [2.24, 2.45) is 0 Å². The van der Waals surface area contributed by atoms with Crippen LogP contribution in [0.2, 0.25) is 0 Å². The average molecular weight is 279 g/mol. The summed E-state index contributed by atoms with van der Waals surface area (Å²) < 4.78 is 5.25. The predicted octanol–water partition coefficient (Wildman–Crippen LogP) is 1.43. The number of para-hydroxylation sites is 1. The molecule has 1 aliphatic rings. The first-order chi connectivity index (χ1) is 9.52. The molecule has 2 rings (SSSR count). The lowest BCUT2D eigenvalue weighted by molar-refractivity contribution is -0.384. The van der Waals surface area contributed by atoms with Crippen LogP contribution in [0.15, 0.2) is 18.2 Å². The summed E-state index contributed by atoms with van der Waals surface area (Å²) in [4.78, 5) is 24.5. The summed E-state index contributed by atoms with van der Waals surface area (Å²) in [6.07, 6.45) is 1.47. The van der Waals surface area contributed by atoms with Gasteiger partial charge in [-0.2, -0.15) is 0 Å². The molecule has 0 atom stereocenters. The number of benzene rings is 1. The van der Waals surface area contributed by atoms with E-state index in [1.807, 2.05) is 0 Å². The number of carbonyl (C=O) groups excluding carboxylic acids is 1. The quantitative estimate of drug-likeness (QED) is 0.512. The summed E-state index contributed by atoms with van der Waals surface area (Å²) in [5, 5.41) is 11.1. The van der Waals surface area contributed by atoms with Gasteiger partial charge in [0.2, 0.25) is 0 Å². The summed E-state index contributed by atoms with van der Waals surface area (Å²) in [7, 11) is 1.66. The van der Waals surface area contributed by atoms with Gasteiger partial charge in [0.05, 0.1) is 4.92 Å². The molecule has 0 radical (unpaired) electrons. The maximum atomic E-state index is 12.4. The van der Waals surface area contributed by atoms with Crippen molar-refractivity contribution in [2.75, 3.05) is 26.0 Å². The minimum Gasteiger partial charge on any atom is -0.393 e. The van der Waals surface area contributed by atoms with Crippen molar-refractivity contribution in [1.82, 2.24) is 4.90 Å². The van der Waals surface area contributed by atoms with Crippen LogP contribution >= 0.6 is 0 Å². The minimum absolute atomic E-state index is 0.00114. The van der Waals surface area contributed by atoms with Crippen molar-refractivity contribution in [3.05, 3.63) is 33.9 Å². The third kappa shape index (κ3) is 2.72. The first-order valence-corrected chi connectivity index (χ1v) is 6.40. The molecule has 1 aromatic rings. The second kappa shape index (κ2) is 5.87. The lowest BCUT2D eigenvalue weighted by atomic mass is 10.0. The van der Waals surface area contributed by atoms with Crippen LogP contribution in [-0.2, 0) is 4.74 Å². The number of ether oxygens (including phenoxy) is 1. The summed E-state index contributed by atoms with van der Waals surface area (Å²) in [6.45, 7) is 1.20. The van der Waals surface area contributed by atoms with Gasteiger partial charge in [-0.05, 0) is 25.0 Å². The Hall–Kier alpha value is -2.15. The first kappa shape index (κ1) is 14.3. The van der Waals surface area contributed by atoms with Gasteiger partial charge >= 0.3 is 5.69 Å². The number of nitro benzene ring substituents is 1. The number of anilines is 1. The standard InChI is InChI=1S/C13H17N3O4/c1-15(9-5-7-20-8-6-9)13(17)10-3-2-4-11(14)12(10)16(18)19/h2-4,9H,5-8,14H2,1H3. The average Bonchev–Trinajstić information content (AvgIpc) is 2.46. The molecule has 0 aliphatic carbocycles. The van der Waals surface area contributed by atoms with E-state index in [9.17, 15) is 14.9 Å². The summed E-state index contributed by atoms with van der Waals surface area (Å²) >= 11 is 0. The third-order valence-corrected chi connectivity index (χ3v) is 3.54. The molecule has 0 saturated carbocycles. The maximum Gasteiger partial charge on any atom is 0.304 e. The molecule has 0 spiro atoms. The van der Waals surface area contributed by atoms with Gasteiger partial charge in [-0.15, -0.1) is 0 Å². The van der Waals surface area contributed by atoms with Gasteiger partial charge < -0.3 is 15.4 Å². The lowest BCUT2D eigenvalue weighted by Crippen LogP contribution is -2.40. The Morgan fingerprint density at radius 2 is 2.10 bits per heavy atom. The molecule has 0 aromatic heterocycles. The van der Waals surface area contributed by atoms with E-state index in [1.165, 1.54) is 12.1 Å². The molecule has 1 aliphatic heterocycles. The van der Waals surface area contributed by atoms with Crippen LogP contribution in [-0.4, -0.2) is 42.0 Å². The summed E-state index contributed by atoms with van der Waals surface area (Å²) in [5.41, 5.74) is 5.32. The number of carbonyl (C=O) groups is 1. The summed E-state index contributed by atoms with van der Waals surface area (Å²) in [6, 6.07) is 4.45. The minimum atomic E-state index is -0.611. The second-order valence-corrected chi connectivity index (χ2v) is 4.76. The second-order valence-electron chi connectivity index (χ2n) is 4.76. The SMILES string of the molecule is CN(C(=O)c1cccc(N)c1[N+](=O)[O-])C1CCOCC1. The molecule has 1 heterocycles. The number of nitrogen functional groups attached to an aromatic ring is 1. The molecule has 0 unspecified atom stereocenters. The van der Waals surface area contributed by atoms with Crippen LogP contribution in [0.4, 0.5) is 11.4 Å². The van der Waals surface area contributed by atoms with Gasteiger partial charge in [-0.3, -0.25) is 14.9 Å². The van der Waals surface area contributed by atoms with Gasteiger partial charge in [-0.25, -0.2) is 0 Å². The number of rotatable bonds is 3. The number of nitrogens with two attached hydrogens (primary N) is 1. The van der Waals surface area contributed by atoms with Gasteiger partial charge in [0.25, 0.3) is 5.91 Å². The molecular weight excluding hydrogens is 262 g/mol. The number of hydrogen-bond acceptors (Lipinski definition) is 5. The molecule has 2 N–H and O–H groups in total. The molecule has 1 aromatic carbocycles. The molecular formula is C13H17N3O4. The molecule has 7 heteroatoms.